The largest absolute Gasteiger partial charge is 0.339 e. The summed E-state index contributed by atoms with van der Waals surface area (Å²) in [6, 6.07) is 13.0. The monoisotopic (exact) mass is 425 g/mol. The number of carbonyl (C=O) groups is 3. The van der Waals surface area contributed by atoms with Crippen molar-refractivity contribution in [2.45, 2.75) is 37.9 Å². The lowest BCUT2D eigenvalue weighted by Gasteiger charge is -2.20. The third kappa shape index (κ3) is 6.35. The Morgan fingerprint density at radius 1 is 1.03 bits per heavy atom. The summed E-state index contributed by atoms with van der Waals surface area (Å²) in [7, 11) is 0. The fourth-order valence-corrected chi connectivity index (χ4v) is 3.02. The van der Waals surface area contributed by atoms with Crippen LogP contribution in [0.25, 0.3) is 11.1 Å². The van der Waals surface area contributed by atoms with Crippen molar-refractivity contribution in [3.63, 3.8) is 0 Å². The van der Waals surface area contributed by atoms with Crippen molar-refractivity contribution in [3.8, 4) is 11.1 Å². The van der Waals surface area contributed by atoms with Gasteiger partial charge in [0.25, 0.3) is 11.8 Å². The van der Waals surface area contributed by atoms with E-state index in [1.54, 1.807) is 31.2 Å². The van der Waals surface area contributed by atoms with Gasteiger partial charge < -0.3 is 21.7 Å². The van der Waals surface area contributed by atoms with Crippen LogP contribution in [0.4, 0.5) is 5.69 Å². The van der Waals surface area contributed by atoms with Crippen molar-refractivity contribution in [2.75, 3.05) is 11.9 Å². The maximum atomic E-state index is 12.4. The fraction of sp³-hybridized carbons (Fsp3) is 0.318. The molecule has 9 nitrogen and oxygen atoms in total. The van der Waals surface area contributed by atoms with E-state index in [1.807, 2.05) is 24.3 Å². The molecule has 1 aliphatic carbocycles. The number of rotatable bonds is 9. The van der Waals surface area contributed by atoms with Gasteiger partial charge in [0, 0.05) is 23.3 Å². The lowest BCUT2D eigenvalue weighted by Crippen LogP contribution is -2.54. The van der Waals surface area contributed by atoms with Gasteiger partial charge in [-0.05, 0) is 55.2 Å². The summed E-state index contributed by atoms with van der Waals surface area (Å²) in [5.74, 6) is -1.33. The molecular weight excluding hydrogens is 398 g/mol. The maximum Gasteiger partial charge on any atom is 0.267 e. The van der Waals surface area contributed by atoms with Crippen LogP contribution >= 0.6 is 0 Å². The zero-order valence-electron chi connectivity index (χ0n) is 17.2. The summed E-state index contributed by atoms with van der Waals surface area (Å²) in [4.78, 5) is 36.0. The Morgan fingerprint density at radius 2 is 1.61 bits per heavy atom. The summed E-state index contributed by atoms with van der Waals surface area (Å²) in [6.07, 6.45) is 2.26. The zero-order chi connectivity index (χ0) is 22.4. The second-order valence-electron chi connectivity index (χ2n) is 7.64. The molecule has 2 aromatic carbocycles. The minimum absolute atomic E-state index is 0.0741. The molecule has 0 saturated heterocycles. The zero-order valence-corrected chi connectivity index (χ0v) is 17.2. The van der Waals surface area contributed by atoms with Crippen molar-refractivity contribution in [1.82, 2.24) is 16.1 Å². The van der Waals surface area contributed by atoms with Gasteiger partial charge >= 0.3 is 0 Å². The van der Waals surface area contributed by atoms with E-state index >= 15 is 0 Å². The number of carbonyl (C=O) groups excluding carboxylic acids is 3. The van der Waals surface area contributed by atoms with Crippen molar-refractivity contribution in [3.05, 3.63) is 54.1 Å². The van der Waals surface area contributed by atoms with Gasteiger partial charge in [-0.1, -0.05) is 24.3 Å². The number of anilines is 1. The van der Waals surface area contributed by atoms with Crippen molar-refractivity contribution >= 4 is 23.4 Å². The van der Waals surface area contributed by atoms with Crippen LogP contribution in [0.1, 0.15) is 30.1 Å². The molecule has 3 amide bonds. The molecule has 0 radical (unpaired) electrons. The molecule has 0 spiro atoms. The molecule has 0 aromatic heterocycles. The lowest BCUT2D eigenvalue weighted by molar-refractivity contribution is -0.131. The van der Waals surface area contributed by atoms with Crippen LogP contribution in [0.5, 0.6) is 0 Å². The third-order valence-corrected chi connectivity index (χ3v) is 4.98. The second-order valence-corrected chi connectivity index (χ2v) is 7.64. The van der Waals surface area contributed by atoms with Gasteiger partial charge in [0.2, 0.25) is 5.91 Å². The molecular formula is C22H27N5O4. The predicted molar refractivity (Wildman–Crippen MR) is 116 cm³/mol. The first-order valence-electron chi connectivity index (χ1n) is 10.1. The van der Waals surface area contributed by atoms with E-state index in [1.165, 1.54) is 5.48 Å². The minimum atomic E-state index is -1.06. The first-order valence-corrected chi connectivity index (χ1v) is 10.1. The molecule has 0 heterocycles. The Morgan fingerprint density at radius 3 is 2.13 bits per heavy atom. The molecule has 0 unspecified atom stereocenters. The van der Waals surface area contributed by atoms with Gasteiger partial charge in [-0.2, -0.15) is 0 Å². The minimum Gasteiger partial charge on any atom is -0.339 e. The average Bonchev–Trinajstić information content (AvgIpc) is 3.60. The van der Waals surface area contributed by atoms with Gasteiger partial charge in [-0.3, -0.25) is 19.6 Å². The molecule has 1 saturated carbocycles. The van der Waals surface area contributed by atoms with Gasteiger partial charge in [-0.15, -0.1) is 0 Å². The van der Waals surface area contributed by atoms with Crippen LogP contribution in [-0.4, -0.2) is 47.6 Å². The van der Waals surface area contributed by atoms with E-state index in [4.69, 9.17) is 10.9 Å². The standard InChI is InChI=1S/C22H27N5O4/c1-13(23)20(22(30)27-31)26-21(29)16-4-2-14(3-5-16)15-6-8-18(9-7-15)25-19(28)12-24-17-10-11-17/h2-9,13,17,20,24,31H,10-12,23H2,1H3,(H,25,28)(H,26,29)(H,27,30)/t13-,20+/m1/s1. The Labute approximate surface area is 180 Å². The van der Waals surface area contributed by atoms with Crippen LogP contribution in [0.2, 0.25) is 0 Å². The molecule has 1 aliphatic rings. The smallest absolute Gasteiger partial charge is 0.267 e. The highest BCUT2D eigenvalue weighted by molar-refractivity contribution is 5.98. The predicted octanol–water partition coefficient (Wildman–Crippen LogP) is 0.995. The van der Waals surface area contributed by atoms with Gasteiger partial charge in [0.15, 0.2) is 0 Å². The fourth-order valence-electron chi connectivity index (χ4n) is 3.02. The Bertz CT molecular complexity index is 924. The molecule has 7 N–H and O–H groups in total. The number of nitrogens with two attached hydrogens (primary N) is 1. The van der Waals surface area contributed by atoms with Crippen LogP contribution < -0.4 is 27.2 Å². The number of hydrogen-bond acceptors (Lipinski definition) is 6. The van der Waals surface area contributed by atoms with Crippen LogP contribution in [0.3, 0.4) is 0 Å². The van der Waals surface area contributed by atoms with Crippen LogP contribution in [0.15, 0.2) is 48.5 Å². The summed E-state index contributed by atoms with van der Waals surface area (Å²) in [5, 5.41) is 17.3. The molecule has 164 valence electrons. The van der Waals surface area contributed by atoms with E-state index in [-0.39, 0.29) is 5.91 Å². The SMILES string of the molecule is C[C@@H](N)[C@H](NC(=O)c1ccc(-c2ccc(NC(=O)CNC3CC3)cc2)cc1)C(=O)NO. The molecule has 0 aliphatic heterocycles. The highest BCUT2D eigenvalue weighted by Crippen LogP contribution is 2.22. The van der Waals surface area contributed by atoms with E-state index < -0.39 is 23.9 Å². The topological polar surface area (TPSA) is 146 Å². The van der Waals surface area contributed by atoms with Crippen LogP contribution in [0, 0.1) is 0 Å². The van der Waals surface area contributed by atoms with Crippen LogP contribution in [-0.2, 0) is 9.59 Å². The quantitative estimate of drug-likeness (QED) is 0.261. The van der Waals surface area contributed by atoms with E-state index in [9.17, 15) is 14.4 Å². The molecule has 3 rings (SSSR count). The van der Waals surface area contributed by atoms with E-state index in [0.29, 0.717) is 23.8 Å². The molecule has 1 fully saturated rings. The van der Waals surface area contributed by atoms with Gasteiger partial charge in [0.1, 0.15) is 6.04 Å². The number of hydrogen-bond donors (Lipinski definition) is 6. The van der Waals surface area contributed by atoms with Gasteiger partial charge in [-0.25, -0.2) is 5.48 Å². The highest BCUT2D eigenvalue weighted by Gasteiger charge is 2.24. The van der Waals surface area contributed by atoms with Gasteiger partial charge in [0.05, 0.1) is 6.54 Å². The summed E-state index contributed by atoms with van der Waals surface area (Å²) >= 11 is 0. The molecule has 0 bridgehead atoms. The van der Waals surface area contributed by atoms with E-state index in [0.717, 1.165) is 24.0 Å². The van der Waals surface area contributed by atoms with Crippen molar-refractivity contribution in [1.29, 1.82) is 0 Å². The first kappa shape index (κ1) is 22.4. The van der Waals surface area contributed by atoms with Crippen molar-refractivity contribution < 1.29 is 19.6 Å². The number of amides is 3. The van der Waals surface area contributed by atoms with E-state index in [2.05, 4.69) is 16.0 Å². The Kier molecular flexibility index (Phi) is 7.35. The molecule has 2 aromatic rings. The normalized spacial score (nSPS) is 14.9. The summed E-state index contributed by atoms with van der Waals surface area (Å²) in [5.41, 5.74) is 10.1. The maximum absolute atomic E-state index is 12.4. The molecule has 9 heteroatoms. The summed E-state index contributed by atoms with van der Waals surface area (Å²) in [6.45, 7) is 1.86. The summed E-state index contributed by atoms with van der Waals surface area (Å²) < 4.78 is 0. The average molecular weight is 425 g/mol. The number of benzene rings is 2. The highest BCUT2D eigenvalue weighted by atomic mass is 16.5. The second kappa shape index (κ2) is 10.2. The van der Waals surface area contributed by atoms with Crippen molar-refractivity contribution in [2.24, 2.45) is 5.73 Å². The molecule has 2 atom stereocenters. The Hall–Kier alpha value is -3.27. The number of nitrogens with one attached hydrogen (secondary N) is 4. The first-order chi connectivity index (χ1) is 14.9. The molecule has 31 heavy (non-hydrogen) atoms. The number of hydroxylamine groups is 1. The third-order valence-electron chi connectivity index (χ3n) is 4.98. The Balaban J connectivity index is 1.59. The lowest BCUT2D eigenvalue weighted by atomic mass is 10.0.